The highest BCUT2D eigenvalue weighted by Crippen LogP contribution is 2.31. The minimum Gasteiger partial charge on any atom is -0.495 e. The standard InChI is InChI=1S/C25H29N3O7S2/c1-4-35-21-10-8-20(9-11-21)28(37(32,33)24-15-18(2)5-14-23(24)34-3)17-25(29)27-16-19-6-12-22(13-7-19)36(26,30)31/h5-15H,4,16-17H2,1-3H3,(H,27,29)(H2,26,30,31). The van der Waals surface area contributed by atoms with E-state index in [0.717, 1.165) is 4.31 Å². The number of hydrogen-bond acceptors (Lipinski definition) is 7. The first-order valence-corrected chi connectivity index (χ1v) is 14.2. The molecule has 3 aromatic rings. The van der Waals surface area contributed by atoms with Crippen molar-refractivity contribution < 1.29 is 31.1 Å². The normalized spacial score (nSPS) is 11.6. The average molecular weight is 548 g/mol. The minimum absolute atomic E-state index is 0.0503. The van der Waals surface area contributed by atoms with Gasteiger partial charge in [-0.3, -0.25) is 9.10 Å². The third kappa shape index (κ3) is 7.00. The zero-order chi connectivity index (χ0) is 27.2. The molecule has 0 bridgehead atoms. The predicted octanol–water partition coefficient (Wildman–Crippen LogP) is 2.56. The molecule has 0 spiro atoms. The van der Waals surface area contributed by atoms with Crippen LogP contribution < -0.4 is 24.2 Å². The monoisotopic (exact) mass is 547 g/mol. The van der Waals surface area contributed by atoms with E-state index in [1.807, 2.05) is 6.92 Å². The number of carbonyl (C=O) groups is 1. The van der Waals surface area contributed by atoms with Gasteiger partial charge in [0.2, 0.25) is 15.9 Å². The van der Waals surface area contributed by atoms with Crippen molar-refractivity contribution in [1.29, 1.82) is 0 Å². The van der Waals surface area contributed by atoms with E-state index in [9.17, 15) is 21.6 Å². The molecule has 3 N–H and O–H groups in total. The molecule has 1 amide bonds. The van der Waals surface area contributed by atoms with E-state index >= 15 is 0 Å². The summed E-state index contributed by atoms with van der Waals surface area (Å²) in [7, 11) is -6.68. The van der Waals surface area contributed by atoms with Gasteiger partial charge in [0.05, 0.1) is 24.3 Å². The molecule has 0 fully saturated rings. The largest absolute Gasteiger partial charge is 0.495 e. The van der Waals surface area contributed by atoms with E-state index in [2.05, 4.69) is 5.32 Å². The first-order chi connectivity index (χ1) is 17.5. The number of primary sulfonamides is 1. The van der Waals surface area contributed by atoms with Gasteiger partial charge in [-0.05, 0) is 73.5 Å². The number of nitrogens with zero attached hydrogens (tertiary/aromatic N) is 1. The minimum atomic E-state index is -4.22. The second kappa shape index (κ2) is 11.6. The fourth-order valence-corrected chi connectivity index (χ4v) is 5.66. The summed E-state index contributed by atoms with van der Waals surface area (Å²) in [6, 6.07) is 16.8. The molecule has 0 heterocycles. The zero-order valence-corrected chi connectivity index (χ0v) is 22.3. The molecule has 0 atom stereocenters. The van der Waals surface area contributed by atoms with Crippen molar-refractivity contribution >= 4 is 31.6 Å². The molecule has 12 heteroatoms. The lowest BCUT2D eigenvalue weighted by atomic mass is 10.2. The van der Waals surface area contributed by atoms with Gasteiger partial charge in [-0.1, -0.05) is 18.2 Å². The number of hydrogen-bond donors (Lipinski definition) is 2. The molecule has 0 aliphatic rings. The first kappa shape index (κ1) is 28.0. The Hall–Kier alpha value is -3.61. The maximum Gasteiger partial charge on any atom is 0.268 e. The van der Waals surface area contributed by atoms with Crippen molar-refractivity contribution in [1.82, 2.24) is 5.32 Å². The Morgan fingerprint density at radius 2 is 1.62 bits per heavy atom. The number of rotatable bonds is 11. The molecule has 0 aliphatic carbocycles. The molecule has 10 nitrogen and oxygen atoms in total. The second-order valence-corrected chi connectivity index (χ2v) is 11.5. The number of nitrogens with one attached hydrogen (secondary N) is 1. The molecular weight excluding hydrogens is 518 g/mol. The highest BCUT2D eigenvalue weighted by molar-refractivity contribution is 7.93. The Morgan fingerprint density at radius 1 is 0.973 bits per heavy atom. The van der Waals surface area contributed by atoms with Crippen molar-refractivity contribution in [3.8, 4) is 11.5 Å². The Kier molecular flexibility index (Phi) is 8.79. The van der Waals surface area contributed by atoms with Crippen LogP contribution in [0.2, 0.25) is 0 Å². The predicted molar refractivity (Wildman–Crippen MR) is 140 cm³/mol. The Morgan fingerprint density at radius 3 is 2.19 bits per heavy atom. The van der Waals surface area contributed by atoms with Crippen molar-refractivity contribution in [3.05, 3.63) is 77.9 Å². The fraction of sp³-hybridized carbons (Fsp3) is 0.240. The molecule has 0 aromatic heterocycles. The molecule has 0 saturated carbocycles. The lowest BCUT2D eigenvalue weighted by Gasteiger charge is -2.25. The summed E-state index contributed by atoms with van der Waals surface area (Å²) in [5, 5.41) is 7.78. The summed E-state index contributed by atoms with van der Waals surface area (Å²) < 4.78 is 62.2. The van der Waals surface area contributed by atoms with Gasteiger partial charge >= 0.3 is 0 Å². The van der Waals surface area contributed by atoms with Crippen LogP contribution in [0.15, 0.2) is 76.5 Å². The van der Waals surface area contributed by atoms with Crippen molar-refractivity contribution in [2.75, 3.05) is 24.6 Å². The van der Waals surface area contributed by atoms with E-state index in [1.165, 1.54) is 37.4 Å². The number of carbonyl (C=O) groups excluding carboxylic acids is 1. The van der Waals surface area contributed by atoms with Gasteiger partial charge in [0.1, 0.15) is 22.9 Å². The quantitative estimate of drug-likeness (QED) is 0.375. The van der Waals surface area contributed by atoms with Gasteiger partial charge in [0.15, 0.2) is 0 Å². The van der Waals surface area contributed by atoms with Crippen LogP contribution in [-0.2, 0) is 31.4 Å². The molecule has 0 unspecified atom stereocenters. The van der Waals surface area contributed by atoms with Crippen LogP contribution in [-0.4, -0.2) is 43.0 Å². The molecule has 37 heavy (non-hydrogen) atoms. The molecule has 0 saturated heterocycles. The van der Waals surface area contributed by atoms with Crippen LogP contribution in [0, 0.1) is 6.92 Å². The van der Waals surface area contributed by atoms with E-state index in [0.29, 0.717) is 23.5 Å². The van der Waals surface area contributed by atoms with Crippen LogP contribution in [0.25, 0.3) is 0 Å². The third-order valence-electron chi connectivity index (χ3n) is 5.35. The van der Waals surface area contributed by atoms with Crippen LogP contribution in [0.1, 0.15) is 18.1 Å². The zero-order valence-electron chi connectivity index (χ0n) is 20.7. The van der Waals surface area contributed by atoms with Gasteiger partial charge in [-0.2, -0.15) is 0 Å². The molecule has 3 aromatic carbocycles. The molecule has 198 valence electrons. The Bertz CT molecular complexity index is 1460. The highest BCUT2D eigenvalue weighted by Gasteiger charge is 2.30. The maximum absolute atomic E-state index is 13.8. The van der Waals surface area contributed by atoms with Gasteiger partial charge in [0, 0.05) is 6.54 Å². The average Bonchev–Trinajstić information content (AvgIpc) is 2.86. The number of nitrogens with two attached hydrogens (primary N) is 1. The number of ether oxygens (including phenoxy) is 2. The van der Waals surface area contributed by atoms with Crippen molar-refractivity contribution in [3.63, 3.8) is 0 Å². The van der Waals surface area contributed by atoms with Gasteiger partial charge < -0.3 is 14.8 Å². The summed E-state index contributed by atoms with van der Waals surface area (Å²) >= 11 is 0. The van der Waals surface area contributed by atoms with Crippen LogP contribution in [0.4, 0.5) is 5.69 Å². The number of methoxy groups -OCH3 is 1. The number of amides is 1. The summed E-state index contributed by atoms with van der Waals surface area (Å²) in [5.41, 5.74) is 1.58. The number of benzene rings is 3. The first-order valence-electron chi connectivity index (χ1n) is 11.2. The SMILES string of the molecule is CCOc1ccc(N(CC(=O)NCc2ccc(S(N)(=O)=O)cc2)S(=O)(=O)c2cc(C)ccc2OC)cc1. The Balaban J connectivity index is 1.89. The summed E-state index contributed by atoms with van der Waals surface area (Å²) in [4.78, 5) is 12.8. The van der Waals surface area contributed by atoms with Crippen molar-refractivity contribution in [2.24, 2.45) is 5.14 Å². The smallest absolute Gasteiger partial charge is 0.268 e. The van der Waals surface area contributed by atoms with Gasteiger partial charge in [-0.25, -0.2) is 22.0 Å². The van der Waals surface area contributed by atoms with Crippen LogP contribution in [0.5, 0.6) is 11.5 Å². The third-order valence-corrected chi connectivity index (χ3v) is 8.08. The van der Waals surface area contributed by atoms with Crippen molar-refractivity contribution in [2.45, 2.75) is 30.2 Å². The molecule has 0 radical (unpaired) electrons. The summed E-state index contributed by atoms with van der Waals surface area (Å²) in [6.45, 7) is 3.58. The van der Waals surface area contributed by atoms with Gasteiger partial charge in [0.25, 0.3) is 10.0 Å². The fourth-order valence-electron chi connectivity index (χ4n) is 3.48. The lowest BCUT2D eigenvalue weighted by molar-refractivity contribution is -0.119. The lowest BCUT2D eigenvalue weighted by Crippen LogP contribution is -2.40. The summed E-state index contributed by atoms with van der Waals surface area (Å²) in [5.74, 6) is 0.139. The topological polar surface area (TPSA) is 145 Å². The maximum atomic E-state index is 13.8. The number of sulfonamides is 2. The molecule has 0 aliphatic heterocycles. The van der Waals surface area contributed by atoms with Gasteiger partial charge in [-0.15, -0.1) is 0 Å². The molecule has 3 rings (SSSR count). The number of aryl methyl sites for hydroxylation is 1. The van der Waals surface area contributed by atoms with E-state index in [-0.39, 0.29) is 27.8 Å². The Labute approximate surface area is 217 Å². The number of anilines is 1. The van der Waals surface area contributed by atoms with E-state index in [4.69, 9.17) is 14.6 Å². The second-order valence-electron chi connectivity index (χ2n) is 8.06. The van der Waals surface area contributed by atoms with Crippen LogP contribution in [0.3, 0.4) is 0 Å². The van der Waals surface area contributed by atoms with E-state index < -0.39 is 32.5 Å². The highest BCUT2D eigenvalue weighted by atomic mass is 32.2. The van der Waals surface area contributed by atoms with Crippen LogP contribution >= 0.6 is 0 Å². The molecular formula is C25H29N3O7S2. The summed E-state index contributed by atoms with van der Waals surface area (Å²) in [6.07, 6.45) is 0. The van der Waals surface area contributed by atoms with E-state index in [1.54, 1.807) is 43.3 Å².